The molecule has 5 heteroatoms. The maximum absolute atomic E-state index is 12.2. The average molecular weight is 317 g/mol. The molecule has 3 nitrogen and oxygen atoms in total. The van der Waals surface area contributed by atoms with Gasteiger partial charge in [0.15, 0.2) is 0 Å². The van der Waals surface area contributed by atoms with Crippen molar-refractivity contribution in [2.75, 3.05) is 20.1 Å². The molecule has 94 valence electrons. The lowest BCUT2D eigenvalue weighted by molar-refractivity contribution is 0.0662. The van der Waals surface area contributed by atoms with Crippen molar-refractivity contribution in [2.45, 2.75) is 25.3 Å². The summed E-state index contributed by atoms with van der Waals surface area (Å²) >= 11 is 4.95. The van der Waals surface area contributed by atoms with Crippen molar-refractivity contribution in [3.8, 4) is 0 Å². The van der Waals surface area contributed by atoms with Crippen LogP contribution >= 0.6 is 27.3 Å². The zero-order valence-corrected chi connectivity index (χ0v) is 12.5. The molecule has 2 heterocycles. The summed E-state index contributed by atoms with van der Waals surface area (Å²) in [5.74, 6) is 0.158. The van der Waals surface area contributed by atoms with Crippen LogP contribution in [0.2, 0.25) is 0 Å². The number of hydrogen-bond acceptors (Lipinski definition) is 3. The van der Waals surface area contributed by atoms with E-state index in [4.69, 9.17) is 0 Å². The molecular weight excluding hydrogens is 300 g/mol. The second-order valence-electron chi connectivity index (χ2n) is 4.74. The Balaban J connectivity index is 1.99. The van der Waals surface area contributed by atoms with E-state index in [0.717, 1.165) is 35.3 Å². The highest BCUT2D eigenvalue weighted by molar-refractivity contribution is 9.11. The third kappa shape index (κ3) is 2.89. The number of piperidine rings is 1. The topological polar surface area (TPSA) is 32.3 Å². The lowest BCUT2D eigenvalue weighted by atomic mass is 9.90. The first-order valence-corrected chi connectivity index (χ1v) is 7.43. The standard InChI is InChI=1S/C12H17BrN2OS/c1-12(14-2)3-5-15(6-4-12)11(16)9-7-10(13)17-8-9/h7-8,14H,3-6H2,1-2H3. The predicted octanol–water partition coefficient (Wildman–Crippen LogP) is 2.72. The van der Waals surface area contributed by atoms with Gasteiger partial charge >= 0.3 is 0 Å². The number of nitrogens with zero attached hydrogens (tertiary/aromatic N) is 1. The van der Waals surface area contributed by atoms with Gasteiger partial charge in [-0.3, -0.25) is 4.79 Å². The molecule has 2 rings (SSSR count). The van der Waals surface area contributed by atoms with Crippen molar-refractivity contribution in [1.82, 2.24) is 10.2 Å². The highest BCUT2D eigenvalue weighted by Gasteiger charge is 2.30. The Bertz CT molecular complexity index is 410. The SMILES string of the molecule is CNC1(C)CCN(C(=O)c2csc(Br)c2)CC1. The highest BCUT2D eigenvalue weighted by Crippen LogP contribution is 2.25. The first-order valence-electron chi connectivity index (χ1n) is 5.76. The first kappa shape index (κ1) is 13.1. The summed E-state index contributed by atoms with van der Waals surface area (Å²) in [5.41, 5.74) is 0.987. The van der Waals surface area contributed by atoms with E-state index in [-0.39, 0.29) is 11.4 Å². The van der Waals surface area contributed by atoms with Crippen LogP contribution in [-0.2, 0) is 0 Å². The molecule has 0 spiro atoms. The molecule has 1 saturated heterocycles. The molecule has 1 fully saturated rings. The van der Waals surface area contributed by atoms with Crippen LogP contribution in [0.15, 0.2) is 15.2 Å². The van der Waals surface area contributed by atoms with Gasteiger partial charge in [-0.25, -0.2) is 0 Å². The Labute approximate surface area is 114 Å². The largest absolute Gasteiger partial charge is 0.338 e. The quantitative estimate of drug-likeness (QED) is 0.910. The Morgan fingerprint density at radius 1 is 1.53 bits per heavy atom. The summed E-state index contributed by atoms with van der Waals surface area (Å²) in [6.07, 6.45) is 2.03. The third-order valence-corrected chi connectivity index (χ3v) is 5.08. The summed E-state index contributed by atoms with van der Waals surface area (Å²) in [6.45, 7) is 3.89. The molecule has 0 radical (unpaired) electrons. The van der Waals surface area contributed by atoms with Crippen LogP contribution in [0, 0.1) is 0 Å². The number of thiophene rings is 1. The normalized spacial score (nSPS) is 19.4. The molecule has 0 aliphatic carbocycles. The molecule has 1 aromatic rings. The molecule has 0 atom stereocenters. The van der Waals surface area contributed by atoms with E-state index in [1.807, 2.05) is 23.4 Å². The van der Waals surface area contributed by atoms with Gasteiger partial charge in [0.1, 0.15) is 0 Å². The molecule has 1 N–H and O–H groups in total. The Morgan fingerprint density at radius 2 is 2.18 bits per heavy atom. The Kier molecular flexibility index (Phi) is 3.90. The Morgan fingerprint density at radius 3 is 2.65 bits per heavy atom. The lowest BCUT2D eigenvalue weighted by Gasteiger charge is -2.39. The average Bonchev–Trinajstić information content (AvgIpc) is 2.76. The molecular formula is C12H17BrN2OS. The fourth-order valence-electron chi connectivity index (χ4n) is 2.06. The number of halogens is 1. The Hall–Kier alpha value is -0.390. The molecule has 0 bridgehead atoms. The van der Waals surface area contributed by atoms with Gasteiger partial charge in [-0.1, -0.05) is 0 Å². The van der Waals surface area contributed by atoms with Crippen molar-refractivity contribution in [1.29, 1.82) is 0 Å². The van der Waals surface area contributed by atoms with Crippen molar-refractivity contribution < 1.29 is 4.79 Å². The molecule has 0 saturated carbocycles. The third-order valence-electron chi connectivity index (χ3n) is 3.57. The fraction of sp³-hybridized carbons (Fsp3) is 0.583. The molecule has 1 aliphatic rings. The van der Waals surface area contributed by atoms with Crippen molar-refractivity contribution in [3.63, 3.8) is 0 Å². The van der Waals surface area contributed by atoms with Crippen LogP contribution < -0.4 is 5.32 Å². The second-order valence-corrected chi connectivity index (χ2v) is 7.03. The minimum absolute atomic E-state index is 0.158. The zero-order valence-electron chi connectivity index (χ0n) is 10.1. The van der Waals surface area contributed by atoms with Gasteiger partial charge in [0, 0.05) is 24.0 Å². The highest BCUT2D eigenvalue weighted by atomic mass is 79.9. The van der Waals surface area contributed by atoms with Crippen molar-refractivity contribution in [2.24, 2.45) is 0 Å². The van der Waals surface area contributed by atoms with E-state index in [9.17, 15) is 4.79 Å². The van der Waals surface area contributed by atoms with Crippen molar-refractivity contribution >= 4 is 33.2 Å². The van der Waals surface area contributed by atoms with E-state index < -0.39 is 0 Å². The number of likely N-dealkylation sites (tertiary alicyclic amines) is 1. The summed E-state index contributed by atoms with van der Waals surface area (Å²) in [7, 11) is 1.99. The van der Waals surface area contributed by atoms with E-state index >= 15 is 0 Å². The monoisotopic (exact) mass is 316 g/mol. The van der Waals surface area contributed by atoms with Gasteiger partial charge in [0.2, 0.25) is 0 Å². The van der Waals surface area contributed by atoms with Gasteiger partial charge in [0.25, 0.3) is 5.91 Å². The van der Waals surface area contributed by atoms with E-state index in [1.165, 1.54) is 0 Å². The van der Waals surface area contributed by atoms with Crippen LogP contribution in [0.4, 0.5) is 0 Å². The van der Waals surface area contributed by atoms with Gasteiger partial charge in [0.05, 0.1) is 9.35 Å². The van der Waals surface area contributed by atoms with E-state index in [1.54, 1.807) is 11.3 Å². The minimum Gasteiger partial charge on any atom is -0.338 e. The summed E-state index contributed by atoms with van der Waals surface area (Å²) < 4.78 is 1.01. The van der Waals surface area contributed by atoms with E-state index in [2.05, 4.69) is 28.2 Å². The fourth-order valence-corrected chi connectivity index (χ4v) is 3.19. The molecule has 1 amide bonds. The number of rotatable bonds is 2. The minimum atomic E-state index is 0.158. The molecule has 0 aromatic carbocycles. The molecule has 0 unspecified atom stereocenters. The molecule has 1 aliphatic heterocycles. The summed E-state index contributed by atoms with van der Waals surface area (Å²) in [4.78, 5) is 14.2. The van der Waals surface area contributed by atoms with Gasteiger partial charge in [-0.2, -0.15) is 0 Å². The first-order chi connectivity index (χ1) is 8.04. The van der Waals surface area contributed by atoms with Crippen LogP contribution in [-0.4, -0.2) is 36.5 Å². The van der Waals surface area contributed by atoms with E-state index in [0.29, 0.717) is 0 Å². The molecule has 17 heavy (non-hydrogen) atoms. The van der Waals surface area contributed by atoms with Crippen LogP contribution in [0.25, 0.3) is 0 Å². The zero-order chi connectivity index (χ0) is 12.5. The molecule has 1 aromatic heterocycles. The number of carbonyl (C=O) groups is 1. The van der Waals surface area contributed by atoms with Gasteiger partial charge < -0.3 is 10.2 Å². The number of nitrogens with one attached hydrogen (secondary N) is 1. The summed E-state index contributed by atoms with van der Waals surface area (Å²) in [6, 6.07) is 1.90. The van der Waals surface area contributed by atoms with Crippen LogP contribution in [0.5, 0.6) is 0 Å². The predicted molar refractivity (Wildman–Crippen MR) is 74.6 cm³/mol. The van der Waals surface area contributed by atoms with Crippen LogP contribution in [0.1, 0.15) is 30.1 Å². The lowest BCUT2D eigenvalue weighted by Crippen LogP contribution is -2.51. The van der Waals surface area contributed by atoms with Gasteiger partial charge in [-0.05, 0) is 48.8 Å². The number of carbonyl (C=O) groups excluding carboxylic acids is 1. The van der Waals surface area contributed by atoms with Crippen molar-refractivity contribution in [3.05, 3.63) is 20.8 Å². The smallest absolute Gasteiger partial charge is 0.254 e. The number of amides is 1. The van der Waals surface area contributed by atoms with Gasteiger partial charge in [-0.15, -0.1) is 11.3 Å². The number of hydrogen-bond donors (Lipinski definition) is 1. The van der Waals surface area contributed by atoms with Crippen LogP contribution in [0.3, 0.4) is 0 Å². The summed E-state index contributed by atoms with van der Waals surface area (Å²) in [5, 5.41) is 5.26. The maximum atomic E-state index is 12.2. The maximum Gasteiger partial charge on any atom is 0.254 e. The second kappa shape index (κ2) is 5.08.